The molecular formula is C15H18ClN3OS. The summed E-state index contributed by atoms with van der Waals surface area (Å²) < 4.78 is 1.86. The third-order valence-electron chi connectivity index (χ3n) is 3.74. The van der Waals surface area contributed by atoms with Crippen molar-refractivity contribution in [2.75, 3.05) is 11.5 Å². The number of nitrogens with one attached hydrogen (secondary N) is 1. The summed E-state index contributed by atoms with van der Waals surface area (Å²) >= 11 is 7.92. The van der Waals surface area contributed by atoms with Crippen LogP contribution in [0.5, 0.6) is 0 Å². The molecule has 0 aliphatic carbocycles. The number of hydrogen-bond donors (Lipinski definition) is 1. The molecule has 3 rings (SSSR count). The minimum absolute atomic E-state index is 0.115. The van der Waals surface area contributed by atoms with Gasteiger partial charge in [0.1, 0.15) is 0 Å². The van der Waals surface area contributed by atoms with E-state index in [0.717, 1.165) is 35.3 Å². The zero-order valence-electron chi connectivity index (χ0n) is 11.7. The number of nitrogens with zero attached hydrogens (tertiary/aromatic N) is 2. The lowest BCUT2D eigenvalue weighted by atomic mass is 10.1. The number of halogens is 1. The normalized spacial score (nSPS) is 16.2. The first-order valence-electron chi connectivity index (χ1n) is 7.20. The molecule has 1 aliphatic rings. The molecule has 2 aromatic rings. The number of aryl methyl sites for hydroxylation is 1. The molecular weight excluding hydrogens is 306 g/mol. The average Bonchev–Trinajstić information content (AvgIpc) is 2.88. The van der Waals surface area contributed by atoms with Crippen molar-refractivity contribution in [1.82, 2.24) is 15.1 Å². The summed E-state index contributed by atoms with van der Waals surface area (Å²) in [5, 5.41) is 9.16. The van der Waals surface area contributed by atoms with Gasteiger partial charge in [0, 0.05) is 22.9 Å². The lowest BCUT2D eigenvalue weighted by molar-refractivity contribution is -0.122. The Labute approximate surface area is 133 Å². The Balaban J connectivity index is 1.57. The van der Waals surface area contributed by atoms with Gasteiger partial charge in [0.2, 0.25) is 5.91 Å². The number of aromatic nitrogens is 2. The molecule has 0 bridgehead atoms. The van der Waals surface area contributed by atoms with Gasteiger partial charge >= 0.3 is 0 Å². The van der Waals surface area contributed by atoms with Crippen LogP contribution < -0.4 is 5.32 Å². The molecule has 0 spiro atoms. The SMILES string of the molecule is O=C(CCn1ncc2cc(Cl)ccc21)NC1CCSCC1. The van der Waals surface area contributed by atoms with Crippen LogP contribution in [0.25, 0.3) is 10.9 Å². The molecule has 4 nitrogen and oxygen atoms in total. The van der Waals surface area contributed by atoms with E-state index in [1.54, 1.807) is 6.20 Å². The summed E-state index contributed by atoms with van der Waals surface area (Å²) in [6.45, 7) is 0.596. The first kappa shape index (κ1) is 14.7. The molecule has 1 aromatic carbocycles. The average molecular weight is 324 g/mol. The van der Waals surface area contributed by atoms with E-state index < -0.39 is 0 Å². The number of carbonyl (C=O) groups excluding carboxylic acids is 1. The molecule has 1 fully saturated rings. The summed E-state index contributed by atoms with van der Waals surface area (Å²) in [4.78, 5) is 12.0. The summed E-state index contributed by atoms with van der Waals surface area (Å²) in [7, 11) is 0. The van der Waals surface area contributed by atoms with Crippen molar-refractivity contribution in [1.29, 1.82) is 0 Å². The predicted octanol–water partition coefficient (Wildman–Crippen LogP) is 3.09. The monoisotopic (exact) mass is 323 g/mol. The van der Waals surface area contributed by atoms with E-state index in [1.807, 2.05) is 34.6 Å². The predicted molar refractivity (Wildman–Crippen MR) is 87.8 cm³/mol. The topological polar surface area (TPSA) is 46.9 Å². The standard InChI is InChI=1S/C15H18ClN3OS/c16-12-1-2-14-11(9-12)10-17-19(14)6-3-15(20)18-13-4-7-21-8-5-13/h1-2,9-10,13H,3-8H2,(H,18,20). The van der Waals surface area contributed by atoms with Crippen LogP contribution in [0.3, 0.4) is 0 Å². The highest BCUT2D eigenvalue weighted by Gasteiger charge is 2.16. The van der Waals surface area contributed by atoms with Gasteiger partial charge in [-0.3, -0.25) is 9.48 Å². The Morgan fingerprint density at radius 2 is 2.24 bits per heavy atom. The summed E-state index contributed by atoms with van der Waals surface area (Å²) in [5.74, 6) is 2.41. The molecule has 112 valence electrons. The van der Waals surface area contributed by atoms with Crippen LogP contribution in [0, 0.1) is 0 Å². The first-order chi connectivity index (χ1) is 10.2. The van der Waals surface area contributed by atoms with E-state index in [0.29, 0.717) is 24.0 Å². The molecule has 2 heterocycles. The number of benzene rings is 1. The number of thioether (sulfide) groups is 1. The quantitative estimate of drug-likeness (QED) is 0.940. The highest BCUT2D eigenvalue weighted by atomic mass is 35.5. The number of rotatable bonds is 4. The van der Waals surface area contributed by atoms with Crippen LogP contribution in [0.15, 0.2) is 24.4 Å². The van der Waals surface area contributed by atoms with Crippen molar-refractivity contribution >= 4 is 40.2 Å². The van der Waals surface area contributed by atoms with Crippen LogP contribution in [0.2, 0.25) is 5.02 Å². The highest BCUT2D eigenvalue weighted by molar-refractivity contribution is 7.99. The Morgan fingerprint density at radius 1 is 1.43 bits per heavy atom. The van der Waals surface area contributed by atoms with Crippen LogP contribution in [0.1, 0.15) is 19.3 Å². The summed E-state index contributed by atoms with van der Waals surface area (Å²) in [6.07, 6.45) is 4.42. The highest BCUT2D eigenvalue weighted by Crippen LogP contribution is 2.19. The maximum Gasteiger partial charge on any atom is 0.222 e. The number of carbonyl (C=O) groups is 1. The minimum Gasteiger partial charge on any atom is -0.353 e. The summed E-state index contributed by atoms with van der Waals surface area (Å²) in [6, 6.07) is 6.04. The van der Waals surface area contributed by atoms with Crippen molar-refractivity contribution in [2.24, 2.45) is 0 Å². The van der Waals surface area contributed by atoms with Crippen LogP contribution in [0.4, 0.5) is 0 Å². The lowest BCUT2D eigenvalue weighted by Crippen LogP contribution is -2.37. The van der Waals surface area contributed by atoms with Crippen LogP contribution in [-0.2, 0) is 11.3 Å². The number of hydrogen-bond acceptors (Lipinski definition) is 3. The van der Waals surface area contributed by atoms with E-state index >= 15 is 0 Å². The molecule has 1 N–H and O–H groups in total. The van der Waals surface area contributed by atoms with E-state index in [1.165, 1.54) is 0 Å². The van der Waals surface area contributed by atoms with Crippen molar-refractivity contribution in [3.63, 3.8) is 0 Å². The Morgan fingerprint density at radius 3 is 3.05 bits per heavy atom. The zero-order chi connectivity index (χ0) is 14.7. The fraction of sp³-hybridized carbons (Fsp3) is 0.467. The van der Waals surface area contributed by atoms with Gasteiger partial charge in [-0.15, -0.1) is 0 Å². The molecule has 1 aromatic heterocycles. The third-order valence-corrected chi connectivity index (χ3v) is 5.02. The Bertz CT molecular complexity index is 637. The van der Waals surface area contributed by atoms with Crippen molar-refractivity contribution in [3.8, 4) is 0 Å². The largest absolute Gasteiger partial charge is 0.353 e. The molecule has 1 amide bonds. The van der Waals surface area contributed by atoms with E-state index in [9.17, 15) is 4.79 Å². The molecule has 1 saturated heterocycles. The molecule has 0 unspecified atom stereocenters. The molecule has 0 radical (unpaired) electrons. The second kappa shape index (κ2) is 6.71. The van der Waals surface area contributed by atoms with Gasteiger partial charge < -0.3 is 5.32 Å². The van der Waals surface area contributed by atoms with Gasteiger partial charge in [-0.25, -0.2) is 0 Å². The van der Waals surface area contributed by atoms with E-state index in [4.69, 9.17) is 11.6 Å². The smallest absolute Gasteiger partial charge is 0.222 e. The molecule has 6 heteroatoms. The second-order valence-corrected chi connectivity index (χ2v) is 6.94. The summed E-state index contributed by atoms with van der Waals surface area (Å²) in [5.41, 5.74) is 1.02. The third kappa shape index (κ3) is 3.71. The van der Waals surface area contributed by atoms with Gasteiger partial charge in [0.05, 0.1) is 18.3 Å². The van der Waals surface area contributed by atoms with Gasteiger partial charge in [0.15, 0.2) is 0 Å². The van der Waals surface area contributed by atoms with E-state index in [-0.39, 0.29) is 5.91 Å². The second-order valence-electron chi connectivity index (χ2n) is 5.28. The van der Waals surface area contributed by atoms with Gasteiger partial charge in [0.25, 0.3) is 0 Å². The maximum atomic E-state index is 12.0. The van der Waals surface area contributed by atoms with Crippen molar-refractivity contribution in [2.45, 2.75) is 31.8 Å². The zero-order valence-corrected chi connectivity index (χ0v) is 13.3. The Kier molecular flexibility index (Phi) is 4.70. The number of amides is 1. The molecule has 21 heavy (non-hydrogen) atoms. The van der Waals surface area contributed by atoms with E-state index in [2.05, 4.69) is 10.4 Å². The first-order valence-corrected chi connectivity index (χ1v) is 8.74. The minimum atomic E-state index is 0.115. The fourth-order valence-electron chi connectivity index (χ4n) is 2.59. The Hall–Kier alpha value is -1.20. The van der Waals surface area contributed by atoms with Crippen molar-refractivity contribution < 1.29 is 4.79 Å². The van der Waals surface area contributed by atoms with Crippen molar-refractivity contribution in [3.05, 3.63) is 29.4 Å². The molecule has 1 aliphatic heterocycles. The van der Waals surface area contributed by atoms with Gasteiger partial charge in [-0.05, 0) is 42.5 Å². The number of fused-ring (bicyclic) bond motifs is 1. The van der Waals surface area contributed by atoms with Gasteiger partial charge in [-0.2, -0.15) is 16.9 Å². The molecule has 0 atom stereocenters. The molecule has 0 saturated carbocycles. The fourth-order valence-corrected chi connectivity index (χ4v) is 3.87. The maximum absolute atomic E-state index is 12.0. The lowest BCUT2D eigenvalue weighted by Gasteiger charge is -2.22. The van der Waals surface area contributed by atoms with Gasteiger partial charge in [-0.1, -0.05) is 11.6 Å². The van der Waals surface area contributed by atoms with Crippen LogP contribution in [-0.4, -0.2) is 33.2 Å². The van der Waals surface area contributed by atoms with Crippen LogP contribution >= 0.6 is 23.4 Å².